The van der Waals surface area contributed by atoms with Crippen LogP contribution in [-0.4, -0.2) is 50.3 Å². The van der Waals surface area contributed by atoms with Crippen LogP contribution in [0.2, 0.25) is 0 Å². The molecule has 4 nitrogen and oxygen atoms in total. The van der Waals surface area contributed by atoms with Crippen LogP contribution in [0.15, 0.2) is 24.3 Å². The number of hydrogen-bond acceptors (Lipinski definition) is 3. The van der Waals surface area contributed by atoms with E-state index in [1.807, 2.05) is 4.90 Å². The second kappa shape index (κ2) is 6.97. The first-order chi connectivity index (χ1) is 11.1. The molecule has 0 aromatic heterocycles. The molecular formula is C18H24FNO3. The summed E-state index contributed by atoms with van der Waals surface area (Å²) < 4.78 is 24.7. The standard InChI is InChI=1S/C18H24FNO3/c1-22-12-15-11-18(13-23-15)6-8-20(9-7-18)17(21)10-14-4-2-3-5-16(14)19/h2-5,15H,6-13H2,1H3/t15-/m1/s1. The Hall–Kier alpha value is -1.46. The highest BCUT2D eigenvalue weighted by molar-refractivity contribution is 5.78. The number of benzene rings is 1. The maximum Gasteiger partial charge on any atom is 0.227 e. The van der Waals surface area contributed by atoms with Crippen molar-refractivity contribution in [3.8, 4) is 0 Å². The van der Waals surface area contributed by atoms with Gasteiger partial charge in [-0.05, 0) is 36.3 Å². The molecule has 3 rings (SSSR count). The molecule has 0 saturated carbocycles. The molecule has 0 N–H and O–H groups in total. The average molecular weight is 321 g/mol. The number of piperidine rings is 1. The Labute approximate surface area is 136 Å². The number of ether oxygens (including phenoxy) is 2. The van der Waals surface area contributed by atoms with Crippen molar-refractivity contribution in [2.45, 2.75) is 31.8 Å². The largest absolute Gasteiger partial charge is 0.382 e. The highest BCUT2D eigenvalue weighted by Gasteiger charge is 2.42. The zero-order valence-corrected chi connectivity index (χ0v) is 13.6. The molecule has 5 heteroatoms. The first kappa shape index (κ1) is 16.4. The fourth-order valence-corrected chi connectivity index (χ4v) is 3.68. The van der Waals surface area contributed by atoms with Crippen LogP contribution in [0.3, 0.4) is 0 Å². The summed E-state index contributed by atoms with van der Waals surface area (Å²) in [5, 5.41) is 0. The Morgan fingerprint density at radius 1 is 1.39 bits per heavy atom. The summed E-state index contributed by atoms with van der Waals surface area (Å²) in [7, 11) is 1.69. The molecule has 0 aliphatic carbocycles. The minimum absolute atomic E-state index is 0.0114. The zero-order valence-electron chi connectivity index (χ0n) is 13.6. The topological polar surface area (TPSA) is 38.8 Å². The van der Waals surface area contributed by atoms with Crippen molar-refractivity contribution >= 4 is 5.91 Å². The molecule has 1 spiro atoms. The molecule has 2 aliphatic rings. The second-order valence-corrected chi connectivity index (χ2v) is 6.74. The van der Waals surface area contributed by atoms with E-state index >= 15 is 0 Å². The van der Waals surface area contributed by atoms with Crippen molar-refractivity contribution in [3.05, 3.63) is 35.6 Å². The number of carbonyl (C=O) groups is 1. The van der Waals surface area contributed by atoms with E-state index in [2.05, 4.69) is 0 Å². The van der Waals surface area contributed by atoms with E-state index in [0.717, 1.165) is 39.0 Å². The average Bonchev–Trinajstić information content (AvgIpc) is 2.93. The van der Waals surface area contributed by atoms with Gasteiger partial charge in [-0.2, -0.15) is 0 Å². The Kier molecular flexibility index (Phi) is 4.97. The number of halogens is 1. The minimum atomic E-state index is -0.305. The van der Waals surface area contributed by atoms with Crippen molar-refractivity contribution < 1.29 is 18.7 Å². The molecule has 23 heavy (non-hydrogen) atoms. The molecule has 126 valence electrons. The van der Waals surface area contributed by atoms with E-state index in [-0.39, 0.29) is 29.7 Å². The number of carbonyl (C=O) groups excluding carboxylic acids is 1. The minimum Gasteiger partial charge on any atom is -0.382 e. The number of methoxy groups -OCH3 is 1. The van der Waals surface area contributed by atoms with Crippen molar-refractivity contribution in [2.24, 2.45) is 5.41 Å². The molecule has 1 aromatic rings. The summed E-state index contributed by atoms with van der Waals surface area (Å²) in [5.41, 5.74) is 0.667. The lowest BCUT2D eigenvalue weighted by Crippen LogP contribution is -2.44. The van der Waals surface area contributed by atoms with Crippen LogP contribution in [0.1, 0.15) is 24.8 Å². The van der Waals surface area contributed by atoms with Crippen LogP contribution in [0.5, 0.6) is 0 Å². The molecule has 1 amide bonds. The van der Waals surface area contributed by atoms with Gasteiger partial charge in [0.1, 0.15) is 5.82 Å². The number of rotatable bonds is 4. The summed E-state index contributed by atoms with van der Waals surface area (Å²) in [4.78, 5) is 14.3. The molecule has 0 radical (unpaired) electrons. The van der Waals surface area contributed by atoms with Gasteiger partial charge in [-0.25, -0.2) is 4.39 Å². The van der Waals surface area contributed by atoms with Gasteiger partial charge in [-0.3, -0.25) is 4.79 Å². The number of amides is 1. The van der Waals surface area contributed by atoms with E-state index in [4.69, 9.17) is 9.47 Å². The zero-order chi connectivity index (χ0) is 16.3. The highest BCUT2D eigenvalue weighted by Crippen LogP contribution is 2.42. The van der Waals surface area contributed by atoms with Crippen LogP contribution in [-0.2, 0) is 20.7 Å². The fraction of sp³-hybridized carbons (Fsp3) is 0.611. The van der Waals surface area contributed by atoms with Crippen molar-refractivity contribution in [2.75, 3.05) is 33.4 Å². The van der Waals surface area contributed by atoms with Gasteiger partial charge in [0.2, 0.25) is 5.91 Å². The van der Waals surface area contributed by atoms with Gasteiger partial charge in [0.25, 0.3) is 0 Å². The lowest BCUT2D eigenvalue weighted by molar-refractivity contribution is -0.132. The van der Waals surface area contributed by atoms with Crippen LogP contribution in [0, 0.1) is 11.2 Å². The first-order valence-corrected chi connectivity index (χ1v) is 8.24. The number of hydrogen-bond donors (Lipinski definition) is 0. The number of likely N-dealkylation sites (tertiary alicyclic amines) is 1. The van der Waals surface area contributed by atoms with Gasteiger partial charge >= 0.3 is 0 Å². The van der Waals surface area contributed by atoms with Crippen molar-refractivity contribution in [1.29, 1.82) is 0 Å². The summed E-state index contributed by atoms with van der Waals surface area (Å²) in [6.07, 6.45) is 3.24. The fourth-order valence-electron chi connectivity index (χ4n) is 3.68. The van der Waals surface area contributed by atoms with Gasteiger partial charge in [0.05, 0.1) is 25.7 Å². The maximum atomic E-state index is 13.7. The second-order valence-electron chi connectivity index (χ2n) is 6.74. The van der Waals surface area contributed by atoms with Crippen LogP contribution in [0.4, 0.5) is 4.39 Å². The molecule has 1 atom stereocenters. The Morgan fingerprint density at radius 3 is 2.83 bits per heavy atom. The SMILES string of the molecule is COC[C@H]1CC2(CCN(C(=O)Cc3ccccc3F)CC2)CO1. The monoisotopic (exact) mass is 321 g/mol. The smallest absolute Gasteiger partial charge is 0.227 e. The molecule has 2 aliphatic heterocycles. The lowest BCUT2D eigenvalue weighted by Gasteiger charge is -2.38. The Morgan fingerprint density at radius 2 is 2.13 bits per heavy atom. The van der Waals surface area contributed by atoms with E-state index in [1.165, 1.54) is 6.07 Å². The van der Waals surface area contributed by atoms with E-state index in [1.54, 1.807) is 25.3 Å². The van der Waals surface area contributed by atoms with Crippen LogP contribution >= 0.6 is 0 Å². The van der Waals surface area contributed by atoms with Crippen molar-refractivity contribution in [1.82, 2.24) is 4.90 Å². The molecule has 2 saturated heterocycles. The third-order valence-corrected chi connectivity index (χ3v) is 5.11. The molecule has 0 bridgehead atoms. The summed E-state index contributed by atoms with van der Waals surface area (Å²) >= 11 is 0. The molecule has 2 heterocycles. The molecule has 1 aromatic carbocycles. The Balaban J connectivity index is 1.53. The molecular weight excluding hydrogens is 297 g/mol. The van der Waals surface area contributed by atoms with Crippen molar-refractivity contribution in [3.63, 3.8) is 0 Å². The lowest BCUT2D eigenvalue weighted by atomic mass is 9.76. The number of nitrogens with zero attached hydrogens (tertiary/aromatic N) is 1. The first-order valence-electron chi connectivity index (χ1n) is 8.24. The Bertz CT molecular complexity index is 555. The van der Waals surface area contributed by atoms with E-state index in [9.17, 15) is 9.18 Å². The quantitative estimate of drug-likeness (QED) is 0.855. The van der Waals surface area contributed by atoms with E-state index in [0.29, 0.717) is 12.2 Å². The van der Waals surface area contributed by atoms with Gasteiger partial charge in [0, 0.05) is 20.2 Å². The summed E-state index contributed by atoms with van der Waals surface area (Å²) in [5.74, 6) is -0.293. The predicted molar refractivity (Wildman–Crippen MR) is 84.6 cm³/mol. The van der Waals surface area contributed by atoms with Gasteiger partial charge in [0.15, 0.2) is 0 Å². The van der Waals surface area contributed by atoms with Crippen LogP contribution in [0.25, 0.3) is 0 Å². The third-order valence-electron chi connectivity index (χ3n) is 5.11. The molecule has 2 fully saturated rings. The molecule has 0 unspecified atom stereocenters. The van der Waals surface area contributed by atoms with Gasteiger partial charge in [-0.1, -0.05) is 18.2 Å². The predicted octanol–water partition coefficient (Wildman–Crippen LogP) is 2.41. The van der Waals surface area contributed by atoms with Gasteiger partial charge in [-0.15, -0.1) is 0 Å². The normalized spacial score (nSPS) is 23.4. The highest BCUT2D eigenvalue weighted by atomic mass is 19.1. The summed E-state index contributed by atoms with van der Waals surface area (Å²) in [6.45, 7) is 2.86. The summed E-state index contributed by atoms with van der Waals surface area (Å²) in [6, 6.07) is 6.49. The van der Waals surface area contributed by atoms with Gasteiger partial charge < -0.3 is 14.4 Å². The third kappa shape index (κ3) is 3.72. The van der Waals surface area contributed by atoms with E-state index < -0.39 is 0 Å². The maximum absolute atomic E-state index is 13.7. The van der Waals surface area contributed by atoms with Crippen LogP contribution < -0.4 is 0 Å².